The van der Waals surface area contributed by atoms with Crippen LogP contribution in [-0.2, 0) is 0 Å². The molecule has 0 saturated heterocycles. The highest BCUT2D eigenvalue weighted by molar-refractivity contribution is 6.09. The van der Waals surface area contributed by atoms with Crippen molar-refractivity contribution in [1.29, 1.82) is 0 Å². The van der Waals surface area contributed by atoms with Gasteiger partial charge >= 0.3 is 0 Å². The van der Waals surface area contributed by atoms with Crippen molar-refractivity contribution in [2.45, 2.75) is 13.8 Å². The van der Waals surface area contributed by atoms with Crippen LogP contribution in [0.4, 0.5) is 0 Å². The summed E-state index contributed by atoms with van der Waals surface area (Å²) in [6.07, 6.45) is 0. The lowest BCUT2D eigenvalue weighted by atomic mass is 9.95. The summed E-state index contributed by atoms with van der Waals surface area (Å²) in [7, 11) is 0. The number of nitrogens with zero attached hydrogens (tertiary/aromatic N) is 5. The van der Waals surface area contributed by atoms with Crippen molar-refractivity contribution in [2.24, 2.45) is 0 Å². The zero-order valence-corrected chi connectivity index (χ0v) is 31.6. The molecule has 0 aliphatic carbocycles. The van der Waals surface area contributed by atoms with Gasteiger partial charge in [0.2, 0.25) is 0 Å². The summed E-state index contributed by atoms with van der Waals surface area (Å²) in [5.74, 6) is 1.85. The van der Waals surface area contributed by atoms with E-state index >= 15 is 0 Å². The molecule has 0 aliphatic heterocycles. The topological polar surface area (TPSA) is 56.5 Å². The molecule has 10 aromatic rings. The Morgan fingerprint density at radius 1 is 0.333 bits per heavy atom. The molecule has 0 N–H and O–H groups in total. The predicted molar refractivity (Wildman–Crippen MR) is 234 cm³/mol. The third-order valence-corrected chi connectivity index (χ3v) is 10.6. The Hall–Kier alpha value is -7.50. The van der Waals surface area contributed by atoms with Gasteiger partial charge in [0.05, 0.1) is 22.4 Å². The van der Waals surface area contributed by atoms with Gasteiger partial charge in [-0.05, 0) is 85.6 Å². The lowest BCUT2D eigenvalue weighted by molar-refractivity contribution is 1.07. The standard InChI is InChI=1S/C52H37N5/c1-34-21-29-48-44(31-34)45-32-35(2)22-30-49(45)57(48)41-26-23-36(24-27-41)43-33-40(47-20-12-19-46(53-47)37-13-6-3-7-14-37)25-28-42(43)52-55-50(38-15-8-4-9-16-38)54-51(56-52)39-17-10-5-11-18-39/h3-33H,1-2H3. The van der Waals surface area contributed by atoms with E-state index in [9.17, 15) is 0 Å². The number of benzene rings is 7. The molecule has 5 heteroatoms. The van der Waals surface area contributed by atoms with E-state index in [0.29, 0.717) is 17.5 Å². The van der Waals surface area contributed by atoms with Gasteiger partial charge in [0, 0.05) is 44.3 Å². The largest absolute Gasteiger partial charge is 0.309 e. The first-order valence-electron chi connectivity index (χ1n) is 19.2. The summed E-state index contributed by atoms with van der Waals surface area (Å²) in [5.41, 5.74) is 14.7. The molecular weight excluding hydrogens is 695 g/mol. The monoisotopic (exact) mass is 731 g/mol. The Labute approximate surface area is 331 Å². The zero-order chi connectivity index (χ0) is 38.3. The molecule has 0 unspecified atom stereocenters. The van der Waals surface area contributed by atoms with Crippen LogP contribution in [0, 0.1) is 13.8 Å². The van der Waals surface area contributed by atoms with E-state index in [1.54, 1.807) is 0 Å². The normalized spacial score (nSPS) is 11.3. The molecule has 0 radical (unpaired) electrons. The Kier molecular flexibility index (Phi) is 8.53. The van der Waals surface area contributed by atoms with Crippen molar-refractivity contribution in [3.63, 3.8) is 0 Å². The van der Waals surface area contributed by atoms with E-state index in [1.807, 2.05) is 78.9 Å². The van der Waals surface area contributed by atoms with Crippen molar-refractivity contribution in [3.8, 4) is 73.5 Å². The third-order valence-electron chi connectivity index (χ3n) is 10.6. The maximum absolute atomic E-state index is 5.14. The quantitative estimate of drug-likeness (QED) is 0.164. The highest BCUT2D eigenvalue weighted by Crippen LogP contribution is 2.38. The molecule has 3 aromatic heterocycles. The maximum Gasteiger partial charge on any atom is 0.164 e. The molecule has 0 atom stereocenters. The number of fused-ring (bicyclic) bond motifs is 3. The van der Waals surface area contributed by atoms with Crippen LogP contribution in [0.5, 0.6) is 0 Å². The van der Waals surface area contributed by atoms with Crippen LogP contribution in [0.25, 0.3) is 95.3 Å². The van der Waals surface area contributed by atoms with Gasteiger partial charge in [-0.25, -0.2) is 19.9 Å². The molecule has 270 valence electrons. The molecular formula is C52H37N5. The van der Waals surface area contributed by atoms with Crippen molar-refractivity contribution in [1.82, 2.24) is 24.5 Å². The molecule has 0 amide bonds. The first-order valence-corrected chi connectivity index (χ1v) is 19.2. The second-order valence-corrected chi connectivity index (χ2v) is 14.5. The number of aromatic nitrogens is 5. The minimum absolute atomic E-state index is 0.604. The van der Waals surface area contributed by atoms with E-state index in [4.69, 9.17) is 19.9 Å². The second-order valence-electron chi connectivity index (χ2n) is 14.5. The maximum atomic E-state index is 5.14. The third kappa shape index (κ3) is 6.45. The Bertz CT molecular complexity index is 2940. The summed E-state index contributed by atoms with van der Waals surface area (Å²) >= 11 is 0. The average Bonchev–Trinajstić information content (AvgIpc) is 3.59. The molecule has 0 fully saturated rings. The van der Waals surface area contributed by atoms with Crippen LogP contribution in [0.1, 0.15) is 11.1 Å². The van der Waals surface area contributed by atoms with E-state index in [-0.39, 0.29) is 0 Å². The van der Waals surface area contributed by atoms with Crippen molar-refractivity contribution in [2.75, 3.05) is 0 Å². The molecule has 0 spiro atoms. The molecule has 0 aliphatic rings. The van der Waals surface area contributed by atoms with Crippen LogP contribution in [0.3, 0.4) is 0 Å². The molecule has 0 saturated carbocycles. The highest BCUT2D eigenvalue weighted by Gasteiger charge is 2.19. The predicted octanol–water partition coefficient (Wildman–Crippen LogP) is 13.0. The van der Waals surface area contributed by atoms with Crippen LogP contribution in [-0.4, -0.2) is 24.5 Å². The first-order chi connectivity index (χ1) is 28.1. The van der Waals surface area contributed by atoms with Gasteiger partial charge in [0.1, 0.15) is 0 Å². The molecule has 5 nitrogen and oxygen atoms in total. The zero-order valence-electron chi connectivity index (χ0n) is 31.6. The van der Waals surface area contributed by atoms with Gasteiger partial charge < -0.3 is 4.57 Å². The van der Waals surface area contributed by atoms with Gasteiger partial charge in [-0.2, -0.15) is 0 Å². The highest BCUT2D eigenvalue weighted by atomic mass is 15.0. The summed E-state index contributed by atoms with van der Waals surface area (Å²) < 4.78 is 2.37. The van der Waals surface area contributed by atoms with Gasteiger partial charge in [-0.3, -0.25) is 0 Å². The van der Waals surface area contributed by atoms with Crippen LogP contribution < -0.4 is 0 Å². The summed E-state index contributed by atoms with van der Waals surface area (Å²) in [5, 5.41) is 2.52. The number of aryl methyl sites for hydroxylation is 2. The van der Waals surface area contributed by atoms with Crippen LogP contribution in [0.2, 0.25) is 0 Å². The SMILES string of the molecule is Cc1ccc2c(c1)c1cc(C)ccc1n2-c1ccc(-c2cc(-c3cccc(-c4ccccc4)n3)ccc2-c2nc(-c3ccccc3)nc(-c3ccccc3)n2)cc1. The first kappa shape index (κ1) is 34.0. The fourth-order valence-electron chi connectivity index (χ4n) is 7.75. The van der Waals surface area contributed by atoms with E-state index < -0.39 is 0 Å². The van der Waals surface area contributed by atoms with Crippen LogP contribution in [0.15, 0.2) is 188 Å². The molecule has 0 bridgehead atoms. The Morgan fingerprint density at radius 2 is 0.825 bits per heavy atom. The number of pyridine rings is 1. The van der Waals surface area contributed by atoms with Crippen LogP contribution >= 0.6 is 0 Å². The van der Waals surface area contributed by atoms with E-state index in [1.165, 1.54) is 32.9 Å². The minimum atomic E-state index is 0.604. The van der Waals surface area contributed by atoms with Gasteiger partial charge in [0.25, 0.3) is 0 Å². The molecule has 3 heterocycles. The van der Waals surface area contributed by atoms with Gasteiger partial charge in [0.15, 0.2) is 17.5 Å². The lowest BCUT2D eigenvalue weighted by Gasteiger charge is -2.15. The average molecular weight is 732 g/mol. The van der Waals surface area contributed by atoms with Crippen molar-refractivity contribution >= 4 is 21.8 Å². The molecule has 10 rings (SSSR count). The Balaban J connectivity index is 1.16. The smallest absolute Gasteiger partial charge is 0.164 e. The van der Waals surface area contributed by atoms with Crippen molar-refractivity contribution in [3.05, 3.63) is 199 Å². The fourth-order valence-corrected chi connectivity index (χ4v) is 7.75. The van der Waals surface area contributed by atoms with Crippen molar-refractivity contribution < 1.29 is 0 Å². The van der Waals surface area contributed by atoms with E-state index in [2.05, 4.69) is 128 Å². The number of rotatable bonds is 7. The number of hydrogen-bond acceptors (Lipinski definition) is 4. The molecule has 7 aromatic carbocycles. The summed E-state index contributed by atoms with van der Waals surface area (Å²) in [6.45, 7) is 4.31. The summed E-state index contributed by atoms with van der Waals surface area (Å²) in [6, 6.07) is 65.5. The minimum Gasteiger partial charge on any atom is -0.309 e. The lowest BCUT2D eigenvalue weighted by Crippen LogP contribution is -2.01. The van der Waals surface area contributed by atoms with E-state index in [0.717, 1.165) is 56.0 Å². The summed E-state index contributed by atoms with van der Waals surface area (Å²) in [4.78, 5) is 20.4. The second kappa shape index (κ2) is 14.3. The fraction of sp³-hybridized carbons (Fsp3) is 0.0385. The molecule has 57 heavy (non-hydrogen) atoms. The Morgan fingerprint density at radius 3 is 1.39 bits per heavy atom. The number of hydrogen-bond donors (Lipinski definition) is 0. The van der Waals surface area contributed by atoms with Gasteiger partial charge in [-0.1, -0.05) is 139 Å². The van der Waals surface area contributed by atoms with Gasteiger partial charge in [-0.15, -0.1) is 0 Å².